The third-order valence-corrected chi connectivity index (χ3v) is 4.59. The van der Waals surface area contributed by atoms with Crippen LogP contribution in [0.25, 0.3) is 0 Å². The number of para-hydroxylation sites is 1. The zero-order valence-electron chi connectivity index (χ0n) is 18.6. The molecule has 1 amide bonds. The molecule has 0 aliphatic rings. The minimum atomic E-state index is -1.48. The Hall–Kier alpha value is -3.33. The van der Waals surface area contributed by atoms with Gasteiger partial charge < -0.3 is 18.9 Å². The number of ether oxygens (including phenoxy) is 4. The smallest absolute Gasteiger partial charge is 0.276 e. The average Bonchev–Trinajstić information content (AvgIpc) is 2.79. The maximum atomic E-state index is 13.1. The Labute approximate surface area is 192 Å². The van der Waals surface area contributed by atoms with Crippen LogP contribution < -0.4 is 23.4 Å². The van der Waals surface area contributed by atoms with Crippen molar-refractivity contribution < 1.29 is 28.5 Å². The summed E-state index contributed by atoms with van der Waals surface area (Å²) in [4.78, 5) is 25.3. The van der Waals surface area contributed by atoms with Gasteiger partial charge in [-0.05, 0) is 45.0 Å². The third-order valence-electron chi connectivity index (χ3n) is 4.24. The van der Waals surface area contributed by atoms with Crippen LogP contribution in [0, 0.1) is 0 Å². The van der Waals surface area contributed by atoms with Crippen molar-refractivity contribution in [2.24, 2.45) is 10.2 Å². The Morgan fingerprint density at radius 1 is 1.03 bits per heavy atom. The summed E-state index contributed by atoms with van der Waals surface area (Å²) in [6.45, 7) is 5.56. The summed E-state index contributed by atoms with van der Waals surface area (Å²) < 4.78 is 22.4. The van der Waals surface area contributed by atoms with Gasteiger partial charge in [-0.3, -0.25) is 9.59 Å². The van der Waals surface area contributed by atoms with E-state index in [4.69, 9.17) is 30.7 Å². The number of carbonyl (C=O) groups is 2. The molecule has 1 atom stereocenters. The summed E-state index contributed by atoms with van der Waals surface area (Å²) in [5.41, 5.74) is 0.519. The number of hydrogen-bond donors (Lipinski definition) is 0. The fraction of sp³-hybridized carbons (Fsp3) is 0.364. The number of carbonyl (C=O) groups excluding carboxylic acids is 2. The topological polar surface area (TPSA) is 99.0 Å². The second-order valence-electron chi connectivity index (χ2n) is 6.36. The van der Waals surface area contributed by atoms with Crippen molar-refractivity contribution in [2.75, 3.05) is 31.9 Å². The van der Waals surface area contributed by atoms with Crippen LogP contribution in [-0.4, -0.2) is 45.2 Å². The quantitative estimate of drug-likeness (QED) is 0.271. The maximum absolute atomic E-state index is 13.1. The number of halogens is 1. The Bertz CT molecular complexity index is 982. The number of azo groups is 1. The number of hydrogen-bond acceptors (Lipinski definition) is 8. The standard InChI is InChI=1S/C22H26ClN3O6/c1-6-31-19-10-8-9-17(21(19)32-7-2)26(23)22(28)20(14(3)27)25-24-16-13-15(29-4)11-12-18(16)30-5/h8-13,20H,6-7H2,1-5H3. The molecule has 0 bridgehead atoms. The summed E-state index contributed by atoms with van der Waals surface area (Å²) in [5, 5.41) is 8.00. The molecule has 172 valence electrons. The molecule has 0 heterocycles. The van der Waals surface area contributed by atoms with E-state index >= 15 is 0 Å². The van der Waals surface area contributed by atoms with Gasteiger partial charge in [-0.15, -0.1) is 0 Å². The average molecular weight is 464 g/mol. The highest BCUT2D eigenvalue weighted by Crippen LogP contribution is 2.39. The molecule has 2 aromatic carbocycles. The van der Waals surface area contributed by atoms with Crippen molar-refractivity contribution in [1.82, 2.24) is 0 Å². The predicted octanol–water partition coefficient (Wildman–Crippen LogP) is 4.73. The van der Waals surface area contributed by atoms with Crippen molar-refractivity contribution in [3.63, 3.8) is 0 Å². The molecular formula is C22H26ClN3O6. The molecule has 0 spiro atoms. The van der Waals surface area contributed by atoms with Gasteiger partial charge in [-0.2, -0.15) is 10.2 Å². The van der Waals surface area contributed by atoms with E-state index in [2.05, 4.69) is 10.2 Å². The number of ketones is 1. The summed E-state index contributed by atoms with van der Waals surface area (Å²) in [6.07, 6.45) is 0. The van der Waals surface area contributed by atoms with Gasteiger partial charge in [0.1, 0.15) is 22.9 Å². The molecular weight excluding hydrogens is 438 g/mol. The lowest BCUT2D eigenvalue weighted by Gasteiger charge is -2.21. The molecule has 10 heteroatoms. The number of rotatable bonds is 11. The van der Waals surface area contributed by atoms with E-state index in [0.717, 1.165) is 4.42 Å². The van der Waals surface area contributed by atoms with Crippen LogP contribution in [0.2, 0.25) is 0 Å². The SMILES string of the molecule is CCOc1cccc(N(Cl)C(=O)C(N=Nc2cc(OC)ccc2OC)C(C)=O)c1OCC. The van der Waals surface area contributed by atoms with Crippen LogP contribution in [-0.2, 0) is 9.59 Å². The largest absolute Gasteiger partial charge is 0.497 e. The zero-order valence-corrected chi connectivity index (χ0v) is 19.4. The summed E-state index contributed by atoms with van der Waals surface area (Å²) >= 11 is 6.35. The Kier molecular flexibility index (Phi) is 9.27. The molecule has 0 aromatic heterocycles. The molecule has 9 nitrogen and oxygen atoms in total. The van der Waals surface area contributed by atoms with Crippen molar-refractivity contribution in [3.05, 3.63) is 36.4 Å². The van der Waals surface area contributed by atoms with Gasteiger partial charge in [-0.25, -0.2) is 4.42 Å². The summed E-state index contributed by atoms with van der Waals surface area (Å²) in [5.74, 6) is 0.291. The minimum absolute atomic E-state index is 0.227. The number of nitrogens with zero attached hydrogens (tertiary/aromatic N) is 3. The van der Waals surface area contributed by atoms with Gasteiger partial charge in [-0.1, -0.05) is 6.07 Å². The second-order valence-corrected chi connectivity index (χ2v) is 6.69. The lowest BCUT2D eigenvalue weighted by atomic mass is 10.2. The molecule has 2 rings (SSSR count). The van der Waals surface area contributed by atoms with Crippen molar-refractivity contribution in [3.8, 4) is 23.0 Å². The van der Waals surface area contributed by atoms with Gasteiger partial charge in [0.25, 0.3) is 5.91 Å². The van der Waals surface area contributed by atoms with E-state index in [1.54, 1.807) is 43.3 Å². The monoisotopic (exact) mass is 463 g/mol. The van der Waals surface area contributed by atoms with Crippen LogP contribution >= 0.6 is 11.8 Å². The van der Waals surface area contributed by atoms with Crippen molar-refractivity contribution in [1.29, 1.82) is 0 Å². The maximum Gasteiger partial charge on any atom is 0.276 e. The van der Waals surface area contributed by atoms with Gasteiger partial charge in [0.2, 0.25) is 6.04 Å². The first-order chi connectivity index (χ1) is 15.4. The van der Waals surface area contributed by atoms with E-state index < -0.39 is 17.7 Å². The molecule has 0 radical (unpaired) electrons. The minimum Gasteiger partial charge on any atom is -0.497 e. The molecule has 0 fully saturated rings. The molecule has 0 saturated heterocycles. The molecule has 0 saturated carbocycles. The Morgan fingerprint density at radius 2 is 1.75 bits per heavy atom. The highest BCUT2D eigenvalue weighted by atomic mass is 35.5. The molecule has 0 N–H and O–H groups in total. The van der Waals surface area contributed by atoms with Gasteiger partial charge in [0.15, 0.2) is 17.3 Å². The number of Topliss-reactive ketones (excluding diaryl/α,β-unsaturated/α-hetero) is 1. The lowest BCUT2D eigenvalue weighted by molar-refractivity contribution is -0.126. The molecule has 0 aliphatic carbocycles. The normalized spacial score (nSPS) is 11.7. The van der Waals surface area contributed by atoms with Crippen LogP contribution in [0.15, 0.2) is 46.6 Å². The van der Waals surface area contributed by atoms with Crippen molar-refractivity contribution in [2.45, 2.75) is 26.8 Å². The lowest BCUT2D eigenvalue weighted by Crippen LogP contribution is -2.36. The van der Waals surface area contributed by atoms with E-state index in [-0.39, 0.29) is 11.4 Å². The first-order valence-electron chi connectivity index (χ1n) is 9.89. The molecule has 0 aliphatic heterocycles. The van der Waals surface area contributed by atoms with Crippen molar-refractivity contribution >= 4 is 34.8 Å². The predicted molar refractivity (Wildman–Crippen MR) is 121 cm³/mol. The van der Waals surface area contributed by atoms with Gasteiger partial charge in [0.05, 0.1) is 27.4 Å². The highest BCUT2D eigenvalue weighted by molar-refractivity contribution is 6.39. The highest BCUT2D eigenvalue weighted by Gasteiger charge is 2.31. The fourth-order valence-electron chi connectivity index (χ4n) is 2.74. The van der Waals surface area contributed by atoms with Crippen LogP contribution in [0.4, 0.5) is 11.4 Å². The summed E-state index contributed by atoms with van der Waals surface area (Å²) in [7, 11) is 2.97. The van der Waals surface area contributed by atoms with E-state index in [1.807, 2.05) is 6.92 Å². The second kappa shape index (κ2) is 11.9. The van der Waals surface area contributed by atoms with Crippen LogP contribution in [0.5, 0.6) is 23.0 Å². The Balaban J connectivity index is 2.40. The van der Waals surface area contributed by atoms with E-state index in [9.17, 15) is 9.59 Å². The van der Waals surface area contributed by atoms with E-state index in [0.29, 0.717) is 36.1 Å². The van der Waals surface area contributed by atoms with E-state index in [1.165, 1.54) is 21.1 Å². The number of anilines is 1. The molecule has 1 unspecified atom stereocenters. The molecule has 2 aromatic rings. The molecule has 32 heavy (non-hydrogen) atoms. The first kappa shape index (κ1) is 24.9. The first-order valence-corrected chi connectivity index (χ1v) is 10.2. The van der Waals surface area contributed by atoms with Crippen LogP contribution in [0.3, 0.4) is 0 Å². The number of amides is 1. The van der Waals surface area contributed by atoms with Crippen LogP contribution in [0.1, 0.15) is 20.8 Å². The fourth-order valence-corrected chi connectivity index (χ4v) is 2.97. The third kappa shape index (κ3) is 5.88. The number of benzene rings is 2. The summed E-state index contributed by atoms with van der Waals surface area (Å²) in [6, 6.07) is 8.36. The van der Waals surface area contributed by atoms with Gasteiger partial charge in [0, 0.05) is 17.8 Å². The Morgan fingerprint density at radius 3 is 2.34 bits per heavy atom. The number of methoxy groups -OCH3 is 2. The zero-order chi connectivity index (χ0) is 23.7. The van der Waals surface area contributed by atoms with Gasteiger partial charge >= 0.3 is 0 Å².